The Bertz CT molecular complexity index is 1110. The van der Waals surface area contributed by atoms with Crippen LogP contribution in [-0.2, 0) is 21.4 Å². The standard InChI is InChI=1S/C23H24N2O3S/c26-23(24-16-19-10-6-9-18-8-4-5-14-22(18)19)20-11-7-15-25(17-20)29(27,28)21-12-2-1-3-13-21/h1-6,8-10,12-14,20H,7,11,15-17H2,(H,24,26)/t20-/m1/s1. The minimum Gasteiger partial charge on any atom is -0.352 e. The van der Waals surface area contributed by atoms with Gasteiger partial charge in [0.15, 0.2) is 0 Å². The Hall–Kier alpha value is -2.70. The van der Waals surface area contributed by atoms with Crippen molar-refractivity contribution in [2.24, 2.45) is 5.92 Å². The molecule has 3 aromatic rings. The number of amides is 1. The molecule has 6 heteroatoms. The summed E-state index contributed by atoms with van der Waals surface area (Å²) in [5.74, 6) is -0.428. The first-order valence-electron chi connectivity index (χ1n) is 9.85. The van der Waals surface area contributed by atoms with Gasteiger partial charge in [0.2, 0.25) is 15.9 Å². The van der Waals surface area contributed by atoms with Gasteiger partial charge in [-0.2, -0.15) is 4.31 Å². The van der Waals surface area contributed by atoms with Gasteiger partial charge in [-0.3, -0.25) is 4.79 Å². The van der Waals surface area contributed by atoms with E-state index < -0.39 is 10.0 Å². The van der Waals surface area contributed by atoms with E-state index in [-0.39, 0.29) is 23.3 Å². The topological polar surface area (TPSA) is 66.5 Å². The molecule has 1 heterocycles. The maximum Gasteiger partial charge on any atom is 0.243 e. The summed E-state index contributed by atoms with van der Waals surface area (Å²) in [6, 6.07) is 22.5. The molecule has 1 saturated heterocycles. The highest BCUT2D eigenvalue weighted by Gasteiger charge is 2.33. The lowest BCUT2D eigenvalue weighted by Gasteiger charge is -2.31. The molecule has 4 rings (SSSR count). The summed E-state index contributed by atoms with van der Waals surface area (Å²) in [6.07, 6.45) is 1.38. The van der Waals surface area contributed by atoms with Gasteiger partial charge >= 0.3 is 0 Å². The highest BCUT2D eigenvalue weighted by molar-refractivity contribution is 7.89. The van der Waals surface area contributed by atoms with Crippen LogP contribution in [0, 0.1) is 5.92 Å². The van der Waals surface area contributed by atoms with Crippen LogP contribution >= 0.6 is 0 Å². The van der Waals surface area contributed by atoms with Crippen LogP contribution in [0.3, 0.4) is 0 Å². The Balaban J connectivity index is 1.44. The van der Waals surface area contributed by atoms with Gasteiger partial charge in [-0.25, -0.2) is 8.42 Å². The summed E-state index contributed by atoms with van der Waals surface area (Å²) in [5, 5.41) is 5.27. The zero-order valence-electron chi connectivity index (χ0n) is 16.1. The lowest BCUT2D eigenvalue weighted by atomic mass is 9.98. The van der Waals surface area contributed by atoms with Gasteiger partial charge in [-0.05, 0) is 41.3 Å². The Labute approximate surface area is 171 Å². The van der Waals surface area contributed by atoms with Crippen molar-refractivity contribution in [2.45, 2.75) is 24.3 Å². The van der Waals surface area contributed by atoms with Gasteiger partial charge in [0.05, 0.1) is 10.8 Å². The zero-order chi connectivity index (χ0) is 20.3. The molecule has 0 unspecified atom stereocenters. The number of hydrogen-bond donors (Lipinski definition) is 1. The molecule has 3 aromatic carbocycles. The van der Waals surface area contributed by atoms with Gasteiger partial charge in [0.1, 0.15) is 0 Å². The fraction of sp³-hybridized carbons (Fsp3) is 0.261. The average Bonchev–Trinajstić information content (AvgIpc) is 2.78. The van der Waals surface area contributed by atoms with E-state index >= 15 is 0 Å². The van der Waals surface area contributed by atoms with Crippen LogP contribution in [0.25, 0.3) is 10.8 Å². The van der Waals surface area contributed by atoms with Crippen LogP contribution in [0.4, 0.5) is 0 Å². The van der Waals surface area contributed by atoms with E-state index in [1.165, 1.54) is 4.31 Å². The van der Waals surface area contributed by atoms with E-state index in [0.717, 1.165) is 16.3 Å². The molecule has 0 aliphatic carbocycles. The zero-order valence-corrected chi connectivity index (χ0v) is 16.9. The fourth-order valence-electron chi connectivity index (χ4n) is 3.89. The van der Waals surface area contributed by atoms with E-state index in [9.17, 15) is 13.2 Å². The summed E-state index contributed by atoms with van der Waals surface area (Å²) in [5.41, 5.74) is 1.06. The highest BCUT2D eigenvalue weighted by atomic mass is 32.2. The monoisotopic (exact) mass is 408 g/mol. The number of benzene rings is 3. The van der Waals surface area contributed by atoms with E-state index in [1.807, 2.05) is 42.5 Å². The molecule has 0 spiro atoms. The van der Waals surface area contributed by atoms with Crippen molar-refractivity contribution < 1.29 is 13.2 Å². The molecule has 1 atom stereocenters. The van der Waals surface area contributed by atoms with Crippen molar-refractivity contribution in [2.75, 3.05) is 13.1 Å². The summed E-state index contributed by atoms with van der Waals surface area (Å²) in [7, 11) is -3.57. The minimum absolute atomic E-state index is 0.0918. The lowest BCUT2D eigenvalue weighted by molar-refractivity contribution is -0.126. The second kappa shape index (κ2) is 8.35. The Morgan fingerprint density at radius 2 is 1.69 bits per heavy atom. The molecule has 0 aromatic heterocycles. The van der Waals surface area contributed by atoms with Crippen molar-refractivity contribution in [1.82, 2.24) is 9.62 Å². The third-order valence-corrected chi connectivity index (χ3v) is 7.35. The number of fused-ring (bicyclic) bond motifs is 1. The van der Waals surface area contributed by atoms with Crippen LogP contribution in [0.15, 0.2) is 77.7 Å². The molecule has 0 radical (unpaired) electrons. The first-order chi connectivity index (χ1) is 14.1. The molecular formula is C23H24N2O3S. The van der Waals surface area contributed by atoms with Gasteiger partial charge in [0, 0.05) is 19.6 Å². The summed E-state index contributed by atoms with van der Waals surface area (Å²) in [4.78, 5) is 13.1. The Morgan fingerprint density at radius 3 is 2.52 bits per heavy atom. The van der Waals surface area contributed by atoms with E-state index in [4.69, 9.17) is 0 Å². The van der Waals surface area contributed by atoms with E-state index in [2.05, 4.69) is 5.32 Å². The fourth-order valence-corrected chi connectivity index (χ4v) is 5.43. The van der Waals surface area contributed by atoms with Gasteiger partial charge in [-0.15, -0.1) is 0 Å². The van der Waals surface area contributed by atoms with Gasteiger partial charge < -0.3 is 5.32 Å². The number of hydrogen-bond acceptors (Lipinski definition) is 3. The van der Waals surface area contributed by atoms with E-state index in [0.29, 0.717) is 25.9 Å². The largest absolute Gasteiger partial charge is 0.352 e. The molecule has 1 fully saturated rings. The lowest BCUT2D eigenvalue weighted by Crippen LogP contribution is -2.45. The summed E-state index contributed by atoms with van der Waals surface area (Å²) in [6.45, 7) is 1.10. The van der Waals surface area contributed by atoms with Crippen LogP contribution in [0.2, 0.25) is 0 Å². The molecule has 1 amide bonds. The molecule has 0 saturated carbocycles. The van der Waals surface area contributed by atoms with Gasteiger partial charge in [0.25, 0.3) is 0 Å². The maximum atomic E-state index is 12.9. The highest BCUT2D eigenvalue weighted by Crippen LogP contribution is 2.24. The number of nitrogens with one attached hydrogen (secondary N) is 1. The molecule has 29 heavy (non-hydrogen) atoms. The van der Waals surface area contributed by atoms with Crippen molar-refractivity contribution in [3.8, 4) is 0 Å². The van der Waals surface area contributed by atoms with Crippen molar-refractivity contribution in [3.05, 3.63) is 78.4 Å². The first kappa shape index (κ1) is 19.6. The summed E-state index contributed by atoms with van der Waals surface area (Å²) >= 11 is 0. The predicted molar refractivity (Wildman–Crippen MR) is 114 cm³/mol. The van der Waals surface area contributed by atoms with Crippen molar-refractivity contribution in [1.29, 1.82) is 0 Å². The molecule has 1 N–H and O–H groups in total. The number of carbonyl (C=O) groups is 1. The molecule has 1 aliphatic heterocycles. The number of carbonyl (C=O) groups excluding carboxylic acids is 1. The number of sulfonamides is 1. The number of nitrogens with zero attached hydrogens (tertiary/aromatic N) is 1. The average molecular weight is 409 g/mol. The quantitative estimate of drug-likeness (QED) is 0.702. The normalized spacial score (nSPS) is 17.9. The summed E-state index contributed by atoms with van der Waals surface area (Å²) < 4.78 is 27.2. The van der Waals surface area contributed by atoms with Crippen molar-refractivity contribution >= 4 is 26.7 Å². The molecule has 0 bridgehead atoms. The predicted octanol–water partition coefficient (Wildman–Crippen LogP) is 3.56. The smallest absolute Gasteiger partial charge is 0.243 e. The molecular weight excluding hydrogens is 384 g/mol. The Morgan fingerprint density at radius 1 is 0.966 bits per heavy atom. The van der Waals surface area contributed by atoms with Crippen LogP contribution in [-0.4, -0.2) is 31.7 Å². The van der Waals surface area contributed by atoms with Gasteiger partial charge in [-0.1, -0.05) is 60.7 Å². The third-order valence-electron chi connectivity index (χ3n) is 5.47. The number of piperidine rings is 1. The SMILES string of the molecule is O=C(NCc1cccc2ccccc12)[C@@H]1CCCN(S(=O)(=O)c2ccccc2)C1. The maximum absolute atomic E-state index is 12.9. The van der Waals surface area contributed by atoms with Crippen molar-refractivity contribution in [3.63, 3.8) is 0 Å². The first-order valence-corrected chi connectivity index (χ1v) is 11.3. The minimum atomic E-state index is -3.57. The molecule has 1 aliphatic rings. The second-order valence-corrected chi connectivity index (χ2v) is 9.31. The second-order valence-electron chi connectivity index (χ2n) is 7.37. The van der Waals surface area contributed by atoms with Crippen LogP contribution < -0.4 is 5.32 Å². The third kappa shape index (κ3) is 4.18. The Kier molecular flexibility index (Phi) is 5.65. The van der Waals surface area contributed by atoms with Crippen LogP contribution in [0.5, 0.6) is 0 Å². The van der Waals surface area contributed by atoms with Crippen LogP contribution in [0.1, 0.15) is 18.4 Å². The molecule has 5 nitrogen and oxygen atoms in total. The van der Waals surface area contributed by atoms with E-state index in [1.54, 1.807) is 30.3 Å². The number of rotatable bonds is 5. The molecule has 150 valence electrons.